The Labute approximate surface area is 212 Å². The number of rotatable bonds is 11. The quantitative estimate of drug-likeness (QED) is 0.392. The topological polar surface area (TPSA) is 90.9 Å². The van der Waals surface area contributed by atoms with E-state index in [0.717, 1.165) is 30.4 Å². The van der Waals surface area contributed by atoms with Crippen molar-refractivity contribution in [3.63, 3.8) is 0 Å². The van der Waals surface area contributed by atoms with Crippen LogP contribution in [0.4, 0.5) is 0 Å². The van der Waals surface area contributed by atoms with Crippen molar-refractivity contribution in [3.8, 4) is 17.2 Å². The molecule has 0 radical (unpaired) electrons. The summed E-state index contributed by atoms with van der Waals surface area (Å²) in [6.07, 6.45) is 2.98. The van der Waals surface area contributed by atoms with Gasteiger partial charge < -0.3 is 14.2 Å². The third kappa shape index (κ3) is 6.18. The lowest BCUT2D eigenvalue weighted by Gasteiger charge is -2.19. The average molecular weight is 510 g/mol. The number of nitrogens with one attached hydrogen (secondary N) is 1. The molecule has 190 valence electrons. The molecule has 1 unspecified atom stereocenters. The first kappa shape index (κ1) is 25.6. The number of carbonyl (C=O) groups excluding carboxylic acids is 1. The summed E-state index contributed by atoms with van der Waals surface area (Å²) in [4.78, 5) is 13.5. The second-order valence-electron chi connectivity index (χ2n) is 8.73. The van der Waals surface area contributed by atoms with Gasteiger partial charge in [0.1, 0.15) is 5.75 Å². The van der Waals surface area contributed by atoms with Crippen LogP contribution in [0.15, 0.2) is 71.6 Å². The number of fused-ring (bicyclic) bond motifs is 1. The van der Waals surface area contributed by atoms with Crippen LogP contribution in [0.1, 0.15) is 49.3 Å². The van der Waals surface area contributed by atoms with E-state index in [0.29, 0.717) is 29.4 Å². The van der Waals surface area contributed by atoms with Gasteiger partial charge in [-0.3, -0.25) is 4.79 Å². The minimum absolute atomic E-state index is 0.0510. The van der Waals surface area contributed by atoms with E-state index in [1.54, 1.807) is 30.3 Å². The maximum atomic E-state index is 13.5. The Morgan fingerprint density at radius 3 is 2.47 bits per heavy atom. The predicted molar refractivity (Wildman–Crippen MR) is 137 cm³/mol. The highest BCUT2D eigenvalue weighted by molar-refractivity contribution is 7.90. The second kappa shape index (κ2) is 11.5. The standard InChI is InChI=1S/C28H31NO6S/c1-3-6-20-9-12-24(13-10-20)36(31,32)29-28(30)25(22-11-14-26-27(18-22)35-19-34-26)17-21-7-5-8-23(16-21)33-15-4-2/h5,7-14,16,18,25H,3-4,6,15,17,19H2,1-2H3,(H,29,30). The predicted octanol–water partition coefficient (Wildman–Crippen LogP) is 4.99. The molecule has 0 aliphatic carbocycles. The Hall–Kier alpha value is -3.52. The molecule has 0 bridgehead atoms. The van der Waals surface area contributed by atoms with Crippen LogP contribution in [-0.2, 0) is 27.7 Å². The van der Waals surface area contributed by atoms with Crippen molar-refractivity contribution in [2.24, 2.45) is 0 Å². The molecule has 0 spiro atoms. The molecule has 36 heavy (non-hydrogen) atoms. The van der Waals surface area contributed by atoms with E-state index in [1.165, 1.54) is 12.1 Å². The van der Waals surface area contributed by atoms with E-state index in [4.69, 9.17) is 14.2 Å². The van der Waals surface area contributed by atoms with E-state index < -0.39 is 21.8 Å². The lowest BCUT2D eigenvalue weighted by molar-refractivity contribution is -0.120. The summed E-state index contributed by atoms with van der Waals surface area (Å²) in [7, 11) is -4.05. The van der Waals surface area contributed by atoms with E-state index >= 15 is 0 Å². The van der Waals surface area contributed by atoms with E-state index in [1.807, 2.05) is 31.2 Å². The molecule has 4 rings (SSSR count). The lowest BCUT2D eigenvalue weighted by Crippen LogP contribution is -2.35. The molecule has 1 amide bonds. The van der Waals surface area contributed by atoms with Crippen LogP contribution in [0.5, 0.6) is 17.2 Å². The lowest BCUT2D eigenvalue weighted by atomic mass is 9.91. The highest BCUT2D eigenvalue weighted by Crippen LogP contribution is 2.36. The maximum Gasteiger partial charge on any atom is 0.264 e. The number of hydrogen-bond acceptors (Lipinski definition) is 6. The van der Waals surface area contributed by atoms with Gasteiger partial charge >= 0.3 is 0 Å². The van der Waals surface area contributed by atoms with Crippen molar-refractivity contribution in [3.05, 3.63) is 83.4 Å². The van der Waals surface area contributed by atoms with Crippen LogP contribution in [0.25, 0.3) is 0 Å². The van der Waals surface area contributed by atoms with Crippen molar-refractivity contribution in [2.75, 3.05) is 13.4 Å². The molecule has 0 aromatic heterocycles. The summed E-state index contributed by atoms with van der Waals surface area (Å²) in [5.41, 5.74) is 2.53. The van der Waals surface area contributed by atoms with Gasteiger partial charge in [-0.05, 0) is 72.4 Å². The van der Waals surface area contributed by atoms with Crippen LogP contribution in [0.2, 0.25) is 0 Å². The van der Waals surface area contributed by atoms with Crippen molar-refractivity contribution in [1.29, 1.82) is 0 Å². The maximum absolute atomic E-state index is 13.5. The molecular formula is C28H31NO6S. The fraction of sp³-hybridized carbons (Fsp3) is 0.321. The van der Waals surface area contributed by atoms with Gasteiger partial charge in [0.25, 0.3) is 10.0 Å². The van der Waals surface area contributed by atoms with Crippen LogP contribution in [-0.4, -0.2) is 27.7 Å². The molecule has 3 aromatic rings. The average Bonchev–Trinajstić information content (AvgIpc) is 3.34. The minimum Gasteiger partial charge on any atom is -0.494 e. The molecule has 0 saturated carbocycles. The molecule has 1 N–H and O–H groups in total. The number of carbonyl (C=O) groups is 1. The third-order valence-corrected chi connectivity index (χ3v) is 7.30. The summed E-state index contributed by atoms with van der Waals surface area (Å²) in [6.45, 7) is 4.79. The number of sulfonamides is 1. The van der Waals surface area contributed by atoms with Crippen LogP contribution in [0.3, 0.4) is 0 Å². The van der Waals surface area contributed by atoms with Gasteiger partial charge in [-0.25, -0.2) is 13.1 Å². The number of hydrogen-bond donors (Lipinski definition) is 1. The number of benzene rings is 3. The fourth-order valence-corrected chi connectivity index (χ4v) is 5.12. The molecule has 3 aromatic carbocycles. The molecular weight excluding hydrogens is 478 g/mol. The number of aryl methyl sites for hydroxylation is 1. The summed E-state index contributed by atoms with van der Waals surface area (Å²) < 4.78 is 45.0. The first-order valence-corrected chi connectivity index (χ1v) is 13.6. The van der Waals surface area contributed by atoms with Crippen molar-refractivity contribution in [1.82, 2.24) is 4.72 Å². The molecule has 0 fully saturated rings. The van der Waals surface area contributed by atoms with Gasteiger partial charge in [0.05, 0.1) is 17.4 Å². The van der Waals surface area contributed by atoms with Crippen molar-refractivity contribution < 1.29 is 27.4 Å². The Balaban J connectivity index is 1.61. The minimum atomic E-state index is -4.05. The summed E-state index contributed by atoms with van der Waals surface area (Å²) in [5, 5.41) is 0. The molecule has 1 heterocycles. The van der Waals surface area contributed by atoms with E-state index in [9.17, 15) is 13.2 Å². The number of ether oxygens (including phenoxy) is 3. The van der Waals surface area contributed by atoms with Gasteiger partial charge in [0, 0.05) is 0 Å². The molecule has 0 saturated heterocycles. The van der Waals surface area contributed by atoms with E-state index in [2.05, 4.69) is 11.6 Å². The highest BCUT2D eigenvalue weighted by atomic mass is 32.2. The molecule has 1 atom stereocenters. The molecule has 7 nitrogen and oxygen atoms in total. The first-order valence-electron chi connectivity index (χ1n) is 12.2. The Morgan fingerprint density at radius 1 is 0.944 bits per heavy atom. The number of amides is 1. The van der Waals surface area contributed by atoms with E-state index in [-0.39, 0.29) is 18.1 Å². The van der Waals surface area contributed by atoms with Crippen molar-refractivity contribution in [2.45, 2.75) is 50.3 Å². The zero-order chi connectivity index (χ0) is 25.5. The van der Waals surface area contributed by atoms with Crippen LogP contribution < -0.4 is 18.9 Å². The van der Waals surface area contributed by atoms with Gasteiger partial charge in [-0.2, -0.15) is 0 Å². The van der Waals surface area contributed by atoms with Crippen LogP contribution >= 0.6 is 0 Å². The fourth-order valence-electron chi connectivity index (χ4n) is 4.10. The molecule has 1 aliphatic rings. The largest absolute Gasteiger partial charge is 0.494 e. The molecule has 1 aliphatic heterocycles. The smallest absolute Gasteiger partial charge is 0.264 e. The van der Waals surface area contributed by atoms with Crippen molar-refractivity contribution >= 4 is 15.9 Å². The Kier molecular flexibility index (Phi) is 8.15. The van der Waals surface area contributed by atoms with Gasteiger partial charge in [-0.1, -0.05) is 50.6 Å². The zero-order valence-corrected chi connectivity index (χ0v) is 21.3. The van der Waals surface area contributed by atoms with Crippen LogP contribution in [0, 0.1) is 0 Å². The SMILES string of the molecule is CCCOc1cccc(CC(C(=O)NS(=O)(=O)c2ccc(CCC)cc2)c2ccc3c(c2)OCO3)c1. The van der Waals surface area contributed by atoms with Gasteiger partial charge in [0.15, 0.2) is 11.5 Å². The summed E-state index contributed by atoms with van der Waals surface area (Å²) in [6, 6.07) is 19.4. The Morgan fingerprint density at radius 2 is 1.72 bits per heavy atom. The zero-order valence-electron chi connectivity index (χ0n) is 20.5. The van der Waals surface area contributed by atoms with Gasteiger partial charge in [-0.15, -0.1) is 0 Å². The normalized spacial score (nSPS) is 13.3. The third-order valence-electron chi connectivity index (χ3n) is 5.93. The van der Waals surface area contributed by atoms with Gasteiger partial charge in [0.2, 0.25) is 12.7 Å². The summed E-state index contributed by atoms with van der Waals surface area (Å²) in [5.74, 6) is 0.424. The molecule has 8 heteroatoms. The first-order chi connectivity index (χ1) is 17.4. The monoisotopic (exact) mass is 509 g/mol. The Bertz CT molecular complexity index is 1300. The second-order valence-corrected chi connectivity index (χ2v) is 10.4. The summed E-state index contributed by atoms with van der Waals surface area (Å²) >= 11 is 0. The highest BCUT2D eigenvalue weighted by Gasteiger charge is 2.28.